The van der Waals surface area contributed by atoms with Gasteiger partial charge in [-0.1, -0.05) is 23.2 Å². The molecule has 0 aliphatic heterocycles. The molecule has 224 valence electrons. The number of nitrogens with one attached hydrogen (secondary N) is 2. The molecule has 0 unspecified atom stereocenters. The van der Waals surface area contributed by atoms with Crippen LogP contribution in [0.15, 0.2) is 30.6 Å². The SMILES string of the molecule is Cc1nc(N[C@@H](C)c2c(Cl)cc(OC(F)(F)F)cc2Cl)nc(N[C@@H]2C[C@H](CO)[C@@H](O)[C@H]2O)c1-c1nc2cnccc2s1. The van der Waals surface area contributed by atoms with Gasteiger partial charge in [-0.25, -0.2) is 9.97 Å². The second-order valence-corrected chi connectivity index (χ2v) is 11.7. The van der Waals surface area contributed by atoms with E-state index in [1.54, 1.807) is 26.2 Å². The van der Waals surface area contributed by atoms with Crippen LogP contribution in [0, 0.1) is 12.8 Å². The third-order valence-electron chi connectivity index (χ3n) is 6.92. The van der Waals surface area contributed by atoms with E-state index < -0.39 is 42.3 Å². The van der Waals surface area contributed by atoms with Gasteiger partial charge < -0.3 is 30.7 Å². The standard InChI is InChI=1S/C26H25Cl2F3N6O4S/c1-10(19-14(27)6-13(7-15(19)28)41-26(29,30)31)33-25-34-11(2)20(24-36-17-8-32-4-3-18(17)42-24)23(37-25)35-16-5-12(9-38)21(39)22(16)40/h3-4,6-8,10,12,16,21-22,38-40H,5,9H2,1-2H3,(H2,33,34,35,37)/t10-,12+,16+,21+,22-/m0/s1. The maximum absolute atomic E-state index is 12.7. The Morgan fingerprint density at radius 2 is 1.86 bits per heavy atom. The highest BCUT2D eigenvalue weighted by Gasteiger charge is 2.41. The third-order valence-corrected chi connectivity index (χ3v) is 8.60. The molecule has 4 aromatic rings. The van der Waals surface area contributed by atoms with Gasteiger partial charge in [-0.05, 0) is 38.5 Å². The number of hydrogen-bond donors (Lipinski definition) is 5. The maximum Gasteiger partial charge on any atom is 0.573 e. The summed E-state index contributed by atoms with van der Waals surface area (Å²) in [4.78, 5) is 18.0. The molecule has 0 bridgehead atoms. The van der Waals surface area contributed by atoms with E-state index in [9.17, 15) is 28.5 Å². The molecule has 1 aromatic carbocycles. The predicted molar refractivity (Wildman–Crippen MR) is 153 cm³/mol. The fourth-order valence-corrected chi connectivity index (χ4v) is 6.77. The molecule has 1 saturated carbocycles. The van der Waals surface area contributed by atoms with Gasteiger partial charge in [0.15, 0.2) is 0 Å². The summed E-state index contributed by atoms with van der Waals surface area (Å²) in [6, 6.07) is 2.57. The predicted octanol–water partition coefficient (Wildman–Crippen LogP) is 5.35. The molecule has 0 saturated heterocycles. The molecule has 5 rings (SSSR count). The lowest BCUT2D eigenvalue weighted by molar-refractivity contribution is -0.274. The molecule has 3 aromatic heterocycles. The first-order valence-electron chi connectivity index (χ1n) is 12.7. The number of rotatable bonds is 8. The Kier molecular flexibility index (Phi) is 8.65. The molecule has 1 aliphatic carbocycles. The second-order valence-electron chi connectivity index (χ2n) is 9.84. The van der Waals surface area contributed by atoms with E-state index >= 15 is 0 Å². The molecule has 0 spiro atoms. The van der Waals surface area contributed by atoms with Crippen molar-refractivity contribution in [1.29, 1.82) is 0 Å². The normalized spacial score (nSPS) is 21.5. The van der Waals surface area contributed by atoms with Gasteiger partial charge in [0.2, 0.25) is 5.95 Å². The van der Waals surface area contributed by atoms with Crippen LogP contribution in [0.5, 0.6) is 5.75 Å². The lowest BCUT2D eigenvalue weighted by atomic mass is 10.1. The Bertz CT molecular complexity index is 1550. The van der Waals surface area contributed by atoms with Gasteiger partial charge in [-0.15, -0.1) is 24.5 Å². The molecule has 5 N–H and O–H groups in total. The minimum absolute atomic E-state index is 0.0605. The first-order chi connectivity index (χ1) is 19.8. The van der Waals surface area contributed by atoms with Gasteiger partial charge >= 0.3 is 6.36 Å². The number of nitrogens with zero attached hydrogens (tertiary/aromatic N) is 4. The van der Waals surface area contributed by atoms with E-state index in [1.807, 2.05) is 6.07 Å². The van der Waals surface area contributed by atoms with Crippen LogP contribution in [0.2, 0.25) is 10.0 Å². The number of fused-ring (bicyclic) bond motifs is 1. The highest BCUT2D eigenvalue weighted by Crippen LogP contribution is 2.40. The van der Waals surface area contributed by atoms with Crippen LogP contribution in [0.4, 0.5) is 24.9 Å². The van der Waals surface area contributed by atoms with Gasteiger partial charge in [0.05, 0.1) is 50.4 Å². The number of hydrogen-bond acceptors (Lipinski definition) is 11. The lowest BCUT2D eigenvalue weighted by Crippen LogP contribution is -2.35. The number of pyridine rings is 1. The highest BCUT2D eigenvalue weighted by atomic mass is 35.5. The number of aliphatic hydroxyl groups excluding tert-OH is 3. The summed E-state index contributed by atoms with van der Waals surface area (Å²) in [5.74, 6) is -0.641. The van der Waals surface area contributed by atoms with Crippen molar-refractivity contribution in [3.63, 3.8) is 0 Å². The minimum atomic E-state index is -4.91. The average molecular weight is 645 g/mol. The van der Waals surface area contributed by atoms with Gasteiger partial charge in [-0.2, -0.15) is 4.98 Å². The molecule has 1 fully saturated rings. The van der Waals surface area contributed by atoms with Gasteiger partial charge in [-0.3, -0.25) is 4.98 Å². The largest absolute Gasteiger partial charge is 0.573 e. The van der Waals surface area contributed by atoms with Crippen molar-refractivity contribution in [3.05, 3.63) is 51.9 Å². The van der Waals surface area contributed by atoms with Crippen LogP contribution >= 0.6 is 34.5 Å². The smallest absolute Gasteiger partial charge is 0.406 e. The zero-order valence-corrected chi connectivity index (χ0v) is 24.4. The van der Waals surface area contributed by atoms with Gasteiger partial charge in [0, 0.05) is 24.3 Å². The molecular formula is C26H25Cl2F3N6O4S. The molecule has 5 atom stereocenters. The molecule has 0 amide bonds. The Hall–Kier alpha value is -3.01. The monoisotopic (exact) mass is 644 g/mol. The zero-order valence-electron chi connectivity index (χ0n) is 22.0. The second kappa shape index (κ2) is 11.9. The molecule has 16 heteroatoms. The number of aliphatic hydroxyl groups is 3. The number of halogens is 5. The van der Waals surface area contributed by atoms with Crippen molar-refractivity contribution in [2.75, 3.05) is 17.2 Å². The van der Waals surface area contributed by atoms with Crippen LogP contribution in [-0.2, 0) is 0 Å². The van der Waals surface area contributed by atoms with Crippen LogP contribution in [-0.4, -0.2) is 66.5 Å². The number of aromatic nitrogens is 4. The number of alkyl halides is 3. The van der Waals surface area contributed by atoms with Crippen LogP contribution in [0.1, 0.15) is 30.6 Å². The fourth-order valence-electron chi connectivity index (χ4n) is 4.94. The Morgan fingerprint density at radius 3 is 2.48 bits per heavy atom. The summed E-state index contributed by atoms with van der Waals surface area (Å²) < 4.78 is 42.9. The Morgan fingerprint density at radius 1 is 1.14 bits per heavy atom. The first-order valence-corrected chi connectivity index (χ1v) is 14.3. The summed E-state index contributed by atoms with van der Waals surface area (Å²) in [6.45, 7) is 3.14. The average Bonchev–Trinajstić information content (AvgIpc) is 3.43. The number of benzene rings is 1. The van der Waals surface area contributed by atoms with E-state index in [2.05, 4.69) is 35.3 Å². The van der Waals surface area contributed by atoms with E-state index in [4.69, 9.17) is 23.2 Å². The van der Waals surface area contributed by atoms with E-state index in [1.165, 1.54) is 11.3 Å². The maximum atomic E-state index is 12.7. The van der Waals surface area contributed by atoms with Crippen molar-refractivity contribution < 1.29 is 33.2 Å². The van der Waals surface area contributed by atoms with Crippen molar-refractivity contribution in [1.82, 2.24) is 19.9 Å². The first kappa shape index (κ1) is 30.4. The van der Waals surface area contributed by atoms with E-state index in [-0.39, 0.29) is 29.0 Å². The van der Waals surface area contributed by atoms with Crippen molar-refractivity contribution in [2.24, 2.45) is 5.92 Å². The number of aryl methyl sites for hydroxylation is 1. The van der Waals surface area contributed by atoms with E-state index in [0.29, 0.717) is 33.2 Å². The van der Waals surface area contributed by atoms with Crippen LogP contribution in [0.3, 0.4) is 0 Å². The fraction of sp³-hybridized carbons (Fsp3) is 0.385. The number of anilines is 2. The molecule has 3 heterocycles. The van der Waals surface area contributed by atoms with Gasteiger partial charge in [0.1, 0.15) is 28.2 Å². The zero-order chi connectivity index (χ0) is 30.3. The lowest BCUT2D eigenvalue weighted by Gasteiger charge is -2.23. The van der Waals surface area contributed by atoms with Crippen LogP contribution < -0.4 is 15.4 Å². The number of thiazole rings is 1. The van der Waals surface area contributed by atoms with Crippen LogP contribution in [0.25, 0.3) is 20.8 Å². The molecule has 42 heavy (non-hydrogen) atoms. The van der Waals surface area contributed by atoms with Crippen molar-refractivity contribution in [3.8, 4) is 16.3 Å². The summed E-state index contributed by atoms with van der Waals surface area (Å²) in [6.07, 6.45) is -3.63. The summed E-state index contributed by atoms with van der Waals surface area (Å²) in [7, 11) is 0. The summed E-state index contributed by atoms with van der Waals surface area (Å²) in [5, 5.41) is 37.4. The molecule has 1 aliphatic rings. The molecule has 0 radical (unpaired) electrons. The summed E-state index contributed by atoms with van der Waals surface area (Å²) in [5.41, 5.74) is 2.06. The molecule has 10 nitrogen and oxygen atoms in total. The Balaban J connectivity index is 1.51. The van der Waals surface area contributed by atoms with Gasteiger partial charge in [0.25, 0.3) is 0 Å². The topological polar surface area (TPSA) is 146 Å². The third kappa shape index (κ3) is 6.33. The van der Waals surface area contributed by atoms with E-state index in [0.717, 1.165) is 16.8 Å². The number of ether oxygens (including phenoxy) is 1. The highest BCUT2D eigenvalue weighted by molar-refractivity contribution is 7.21. The minimum Gasteiger partial charge on any atom is -0.406 e. The Labute approximate surface area is 251 Å². The van der Waals surface area contributed by atoms with Crippen molar-refractivity contribution in [2.45, 2.75) is 50.9 Å². The van der Waals surface area contributed by atoms with Crippen molar-refractivity contribution >= 4 is 56.5 Å². The molecular weight excluding hydrogens is 620 g/mol. The quantitative estimate of drug-likeness (QED) is 0.170. The summed E-state index contributed by atoms with van der Waals surface area (Å²) >= 11 is 14.0.